The lowest BCUT2D eigenvalue weighted by Gasteiger charge is -2.11. The van der Waals surface area contributed by atoms with Crippen molar-refractivity contribution in [1.29, 1.82) is 0 Å². The van der Waals surface area contributed by atoms with E-state index in [0.29, 0.717) is 16.6 Å². The van der Waals surface area contributed by atoms with Crippen LogP contribution in [0.2, 0.25) is 0 Å². The number of hydrogen-bond donors (Lipinski definition) is 0. The summed E-state index contributed by atoms with van der Waals surface area (Å²) in [6, 6.07) is 21.7. The van der Waals surface area contributed by atoms with E-state index in [9.17, 15) is 9.18 Å². The Kier molecular flexibility index (Phi) is 6.02. The first-order valence-corrected chi connectivity index (χ1v) is 8.81. The molecule has 132 valence electrons. The lowest BCUT2D eigenvalue weighted by atomic mass is 10.0. The van der Waals surface area contributed by atoms with Gasteiger partial charge in [-0.25, -0.2) is 9.18 Å². The molecule has 0 aliphatic rings. The number of esters is 1. The Morgan fingerprint density at radius 3 is 2.42 bits per heavy atom. The minimum Gasteiger partial charge on any atom is -0.482 e. The summed E-state index contributed by atoms with van der Waals surface area (Å²) in [5.41, 5.74) is 2.10. The van der Waals surface area contributed by atoms with Crippen molar-refractivity contribution in [2.24, 2.45) is 0 Å². The van der Waals surface area contributed by atoms with E-state index >= 15 is 0 Å². The molecule has 3 nitrogen and oxygen atoms in total. The number of halogens is 2. The molecule has 0 fully saturated rings. The third kappa shape index (κ3) is 4.92. The monoisotopic (exact) mass is 414 g/mol. The molecule has 0 radical (unpaired) electrons. The van der Waals surface area contributed by atoms with Gasteiger partial charge in [0.25, 0.3) is 0 Å². The van der Waals surface area contributed by atoms with Gasteiger partial charge in [-0.15, -0.1) is 0 Å². The van der Waals surface area contributed by atoms with Crippen molar-refractivity contribution >= 4 is 21.9 Å². The van der Waals surface area contributed by atoms with Crippen LogP contribution in [0.3, 0.4) is 0 Å². The van der Waals surface area contributed by atoms with Crippen LogP contribution in [0.1, 0.15) is 11.1 Å². The predicted molar refractivity (Wildman–Crippen MR) is 101 cm³/mol. The molecule has 0 saturated heterocycles. The van der Waals surface area contributed by atoms with Crippen molar-refractivity contribution in [2.45, 2.75) is 6.42 Å². The summed E-state index contributed by atoms with van der Waals surface area (Å²) in [5, 5.41) is 0. The van der Waals surface area contributed by atoms with E-state index in [1.165, 1.54) is 12.1 Å². The van der Waals surface area contributed by atoms with Crippen LogP contribution in [0, 0.1) is 5.82 Å². The summed E-state index contributed by atoms with van der Waals surface area (Å²) in [4.78, 5) is 12.0. The molecule has 0 saturated carbocycles. The molecule has 0 unspecified atom stereocenters. The van der Waals surface area contributed by atoms with Gasteiger partial charge in [-0.3, -0.25) is 0 Å². The van der Waals surface area contributed by atoms with Gasteiger partial charge in [-0.05, 0) is 35.4 Å². The summed E-state index contributed by atoms with van der Waals surface area (Å²) >= 11 is 3.15. The highest BCUT2D eigenvalue weighted by Crippen LogP contribution is 2.23. The first-order valence-electron chi connectivity index (χ1n) is 8.02. The molecule has 0 N–H and O–H groups in total. The smallest absolute Gasteiger partial charge is 0.349 e. The zero-order valence-corrected chi connectivity index (χ0v) is 15.4. The van der Waals surface area contributed by atoms with Crippen LogP contribution in [-0.4, -0.2) is 12.6 Å². The van der Waals surface area contributed by atoms with Crippen LogP contribution in [0.15, 0.2) is 77.3 Å². The average Bonchev–Trinajstić information content (AvgIpc) is 2.64. The zero-order valence-electron chi connectivity index (χ0n) is 13.8. The van der Waals surface area contributed by atoms with Gasteiger partial charge < -0.3 is 9.47 Å². The van der Waals surface area contributed by atoms with E-state index in [2.05, 4.69) is 15.9 Å². The number of carbonyl (C=O) groups is 1. The number of para-hydroxylation sites is 1. The summed E-state index contributed by atoms with van der Waals surface area (Å²) < 4.78 is 24.9. The largest absolute Gasteiger partial charge is 0.482 e. The van der Waals surface area contributed by atoms with Gasteiger partial charge in [0.1, 0.15) is 5.75 Å². The Balaban J connectivity index is 1.63. The van der Waals surface area contributed by atoms with E-state index in [0.717, 1.165) is 11.1 Å². The third-order valence-corrected chi connectivity index (χ3v) is 4.17. The second kappa shape index (κ2) is 8.63. The molecule has 3 rings (SSSR count). The fourth-order valence-corrected chi connectivity index (χ4v) is 2.79. The Morgan fingerprint density at radius 2 is 1.65 bits per heavy atom. The van der Waals surface area contributed by atoms with Gasteiger partial charge >= 0.3 is 5.97 Å². The lowest BCUT2D eigenvalue weighted by Crippen LogP contribution is -2.18. The van der Waals surface area contributed by atoms with E-state index < -0.39 is 11.8 Å². The molecule has 5 heteroatoms. The lowest BCUT2D eigenvalue weighted by molar-refractivity contribution is -0.136. The topological polar surface area (TPSA) is 35.5 Å². The normalized spacial score (nSPS) is 10.4. The summed E-state index contributed by atoms with van der Waals surface area (Å²) in [6.07, 6.45) is 0.688. The fourth-order valence-electron chi connectivity index (χ4n) is 2.45. The molecule has 3 aromatic carbocycles. The van der Waals surface area contributed by atoms with Crippen LogP contribution < -0.4 is 9.47 Å². The van der Waals surface area contributed by atoms with Crippen molar-refractivity contribution in [3.05, 3.63) is 94.2 Å². The maximum absolute atomic E-state index is 13.7. The Bertz CT molecular complexity index is 897. The first-order chi connectivity index (χ1) is 12.6. The molecule has 0 heterocycles. The van der Waals surface area contributed by atoms with Crippen LogP contribution >= 0.6 is 15.9 Å². The highest BCUT2D eigenvalue weighted by Gasteiger charge is 2.12. The number of carbonyl (C=O) groups excluding carboxylic acids is 1. The SMILES string of the molecule is O=C(COc1ccccc1Cc1ccccc1)Oc1ccc(Br)cc1F. The standard InChI is InChI=1S/C21H16BrFO3/c22-17-10-11-20(18(23)13-17)26-21(24)14-25-19-9-5-4-8-16(19)12-15-6-2-1-3-7-15/h1-11,13H,12,14H2. The van der Waals surface area contributed by atoms with Crippen molar-refractivity contribution in [1.82, 2.24) is 0 Å². The van der Waals surface area contributed by atoms with Crippen LogP contribution in [0.5, 0.6) is 11.5 Å². The summed E-state index contributed by atoms with van der Waals surface area (Å²) in [6.45, 7) is -0.304. The van der Waals surface area contributed by atoms with E-state index in [1.807, 2.05) is 48.5 Å². The first kappa shape index (κ1) is 18.1. The van der Waals surface area contributed by atoms with Crippen molar-refractivity contribution in [3.63, 3.8) is 0 Å². The van der Waals surface area contributed by atoms with Crippen LogP contribution in [-0.2, 0) is 11.2 Å². The van der Waals surface area contributed by atoms with E-state index in [-0.39, 0.29) is 12.4 Å². The number of benzene rings is 3. The van der Waals surface area contributed by atoms with E-state index in [1.54, 1.807) is 12.1 Å². The minimum absolute atomic E-state index is 0.126. The molecular formula is C21H16BrFO3. The quantitative estimate of drug-likeness (QED) is 0.412. The second-order valence-electron chi connectivity index (χ2n) is 5.61. The maximum Gasteiger partial charge on any atom is 0.349 e. The van der Waals surface area contributed by atoms with Crippen molar-refractivity contribution in [2.75, 3.05) is 6.61 Å². The van der Waals surface area contributed by atoms with Gasteiger partial charge in [0, 0.05) is 10.9 Å². The van der Waals surface area contributed by atoms with Crippen molar-refractivity contribution in [3.8, 4) is 11.5 Å². The van der Waals surface area contributed by atoms with Crippen LogP contribution in [0.4, 0.5) is 4.39 Å². The molecule has 0 aliphatic carbocycles. The highest BCUT2D eigenvalue weighted by atomic mass is 79.9. The molecule has 3 aromatic rings. The number of rotatable bonds is 6. The Hall–Kier alpha value is -2.66. The highest BCUT2D eigenvalue weighted by molar-refractivity contribution is 9.10. The fraction of sp³-hybridized carbons (Fsp3) is 0.0952. The molecule has 0 spiro atoms. The van der Waals surface area contributed by atoms with Gasteiger partial charge in [0.05, 0.1) is 0 Å². The molecule has 0 aromatic heterocycles. The molecule has 0 aliphatic heterocycles. The zero-order chi connectivity index (χ0) is 18.4. The summed E-state index contributed by atoms with van der Waals surface area (Å²) in [5.74, 6) is -0.804. The average molecular weight is 415 g/mol. The third-order valence-electron chi connectivity index (χ3n) is 3.67. The Labute approximate surface area is 159 Å². The molecule has 0 atom stereocenters. The molecule has 0 bridgehead atoms. The maximum atomic E-state index is 13.7. The van der Waals surface area contributed by atoms with Gasteiger partial charge in [0.2, 0.25) is 0 Å². The molecule has 0 amide bonds. The molecular weight excluding hydrogens is 399 g/mol. The van der Waals surface area contributed by atoms with Crippen LogP contribution in [0.25, 0.3) is 0 Å². The number of hydrogen-bond acceptors (Lipinski definition) is 3. The van der Waals surface area contributed by atoms with Gasteiger partial charge in [-0.1, -0.05) is 64.5 Å². The van der Waals surface area contributed by atoms with Gasteiger partial charge in [0.15, 0.2) is 18.2 Å². The number of ether oxygens (including phenoxy) is 2. The Morgan fingerprint density at radius 1 is 0.923 bits per heavy atom. The van der Waals surface area contributed by atoms with Gasteiger partial charge in [-0.2, -0.15) is 0 Å². The minimum atomic E-state index is -0.666. The summed E-state index contributed by atoms with van der Waals surface area (Å²) in [7, 11) is 0. The predicted octanol–water partition coefficient (Wildman–Crippen LogP) is 5.16. The second-order valence-corrected chi connectivity index (χ2v) is 6.52. The van der Waals surface area contributed by atoms with Crippen molar-refractivity contribution < 1.29 is 18.7 Å². The van der Waals surface area contributed by atoms with E-state index in [4.69, 9.17) is 9.47 Å². The molecule has 26 heavy (non-hydrogen) atoms.